The van der Waals surface area contributed by atoms with Crippen LogP contribution >= 0.6 is 23.2 Å². The fraction of sp³-hybridized carbons (Fsp3) is 0.0870. The van der Waals surface area contributed by atoms with Crippen LogP contribution in [-0.2, 0) is 0 Å². The van der Waals surface area contributed by atoms with E-state index in [-0.39, 0.29) is 11.5 Å². The number of ether oxygens (including phenoxy) is 1. The van der Waals surface area contributed by atoms with Crippen molar-refractivity contribution < 1.29 is 13.9 Å². The van der Waals surface area contributed by atoms with Crippen LogP contribution in [0.15, 0.2) is 77.2 Å². The number of methoxy groups -OCH3 is 1. The summed E-state index contributed by atoms with van der Waals surface area (Å²) in [6, 6.07) is 20.5. The van der Waals surface area contributed by atoms with E-state index in [0.717, 1.165) is 11.1 Å². The zero-order valence-electron chi connectivity index (χ0n) is 16.4. The van der Waals surface area contributed by atoms with Gasteiger partial charge in [-0.15, -0.1) is 10.2 Å². The molecule has 1 atom stereocenters. The molecule has 1 amide bonds. The first-order chi connectivity index (χ1) is 15.0. The molecule has 8 heteroatoms. The van der Waals surface area contributed by atoms with Crippen molar-refractivity contribution in [3.63, 3.8) is 0 Å². The highest BCUT2D eigenvalue weighted by molar-refractivity contribution is 6.31. The molecular formula is C23H17Cl2N3O3. The lowest BCUT2D eigenvalue weighted by atomic mass is 10.1. The number of carbonyl (C=O) groups excluding carboxylic acids is 1. The maximum atomic E-state index is 13.1. The van der Waals surface area contributed by atoms with Crippen molar-refractivity contribution in [2.24, 2.45) is 0 Å². The van der Waals surface area contributed by atoms with E-state index in [0.29, 0.717) is 21.7 Å². The Kier molecular flexibility index (Phi) is 6.21. The van der Waals surface area contributed by atoms with E-state index in [2.05, 4.69) is 15.5 Å². The van der Waals surface area contributed by atoms with Crippen LogP contribution in [0.4, 0.5) is 0 Å². The van der Waals surface area contributed by atoms with Gasteiger partial charge in [0.2, 0.25) is 11.8 Å². The van der Waals surface area contributed by atoms with Gasteiger partial charge in [0.15, 0.2) is 0 Å². The number of hydrogen-bond acceptors (Lipinski definition) is 5. The molecule has 0 bridgehead atoms. The molecule has 1 N–H and O–H groups in total. The van der Waals surface area contributed by atoms with Crippen LogP contribution in [0.25, 0.3) is 11.5 Å². The van der Waals surface area contributed by atoms with E-state index in [4.69, 9.17) is 32.4 Å². The Hall–Kier alpha value is -3.35. The Morgan fingerprint density at radius 2 is 1.68 bits per heavy atom. The van der Waals surface area contributed by atoms with Crippen molar-refractivity contribution in [2.45, 2.75) is 6.04 Å². The van der Waals surface area contributed by atoms with Crippen LogP contribution in [0.2, 0.25) is 10.0 Å². The summed E-state index contributed by atoms with van der Waals surface area (Å²) in [7, 11) is 1.49. The fourth-order valence-corrected chi connectivity index (χ4v) is 3.36. The van der Waals surface area contributed by atoms with Crippen molar-refractivity contribution in [1.29, 1.82) is 0 Å². The van der Waals surface area contributed by atoms with Gasteiger partial charge in [-0.25, -0.2) is 0 Å². The molecule has 6 nitrogen and oxygen atoms in total. The number of amides is 1. The molecule has 1 unspecified atom stereocenters. The second-order valence-electron chi connectivity index (χ2n) is 6.61. The molecule has 156 valence electrons. The van der Waals surface area contributed by atoms with Crippen LogP contribution in [0.3, 0.4) is 0 Å². The summed E-state index contributed by atoms with van der Waals surface area (Å²) in [5.74, 6) is 0.575. The third-order valence-electron chi connectivity index (χ3n) is 4.59. The van der Waals surface area contributed by atoms with Crippen molar-refractivity contribution in [1.82, 2.24) is 15.5 Å². The number of carbonyl (C=O) groups is 1. The standard InChI is InChI=1S/C23H17Cl2N3O3/c1-30-19-12-11-17(25)13-18(19)21(29)26-20(14-7-9-16(24)10-8-14)23-28-27-22(31-23)15-5-3-2-4-6-15/h2-13,20H,1H3,(H,26,29). The third-order valence-corrected chi connectivity index (χ3v) is 5.08. The minimum Gasteiger partial charge on any atom is -0.496 e. The minimum atomic E-state index is -0.710. The van der Waals surface area contributed by atoms with Gasteiger partial charge in [0, 0.05) is 15.6 Å². The molecule has 0 spiro atoms. The first-order valence-corrected chi connectivity index (χ1v) is 10.1. The summed E-state index contributed by atoms with van der Waals surface area (Å²) in [4.78, 5) is 13.1. The molecule has 31 heavy (non-hydrogen) atoms. The first kappa shape index (κ1) is 20.9. The number of nitrogens with one attached hydrogen (secondary N) is 1. The molecule has 3 aromatic carbocycles. The van der Waals surface area contributed by atoms with E-state index in [9.17, 15) is 4.79 Å². The highest BCUT2D eigenvalue weighted by atomic mass is 35.5. The average molecular weight is 454 g/mol. The van der Waals surface area contributed by atoms with Gasteiger partial charge in [0.05, 0.1) is 12.7 Å². The Balaban J connectivity index is 1.71. The Labute approximate surface area is 188 Å². The molecule has 4 aromatic rings. The molecule has 1 heterocycles. The van der Waals surface area contributed by atoms with Crippen molar-refractivity contribution >= 4 is 29.1 Å². The number of aromatic nitrogens is 2. The van der Waals surface area contributed by atoms with Gasteiger partial charge < -0.3 is 14.5 Å². The molecular weight excluding hydrogens is 437 g/mol. The van der Waals surface area contributed by atoms with Crippen LogP contribution in [0.5, 0.6) is 5.75 Å². The molecule has 0 aliphatic heterocycles. The van der Waals surface area contributed by atoms with Crippen molar-refractivity contribution in [3.05, 3.63) is 99.9 Å². The molecule has 0 radical (unpaired) electrons. The van der Waals surface area contributed by atoms with E-state index in [1.54, 1.807) is 36.4 Å². The van der Waals surface area contributed by atoms with E-state index < -0.39 is 11.9 Å². The summed E-state index contributed by atoms with van der Waals surface area (Å²) in [5, 5.41) is 12.2. The van der Waals surface area contributed by atoms with Gasteiger partial charge in [-0.3, -0.25) is 4.79 Å². The summed E-state index contributed by atoms with van der Waals surface area (Å²) in [6.07, 6.45) is 0. The molecule has 0 fully saturated rings. The molecule has 4 rings (SSSR count). The zero-order chi connectivity index (χ0) is 21.8. The maximum absolute atomic E-state index is 13.1. The number of rotatable bonds is 6. The maximum Gasteiger partial charge on any atom is 0.256 e. The first-order valence-electron chi connectivity index (χ1n) is 9.34. The second-order valence-corrected chi connectivity index (χ2v) is 7.49. The number of halogens is 2. The number of hydrogen-bond donors (Lipinski definition) is 1. The van der Waals surface area contributed by atoms with Crippen LogP contribution < -0.4 is 10.1 Å². The summed E-state index contributed by atoms with van der Waals surface area (Å²) >= 11 is 12.1. The second kappa shape index (κ2) is 9.20. The third kappa shape index (κ3) is 4.71. The number of benzene rings is 3. The van der Waals surface area contributed by atoms with Gasteiger partial charge in [-0.2, -0.15) is 0 Å². The Morgan fingerprint density at radius 1 is 0.968 bits per heavy atom. The quantitative estimate of drug-likeness (QED) is 0.412. The zero-order valence-corrected chi connectivity index (χ0v) is 17.9. The highest BCUT2D eigenvalue weighted by Gasteiger charge is 2.25. The Morgan fingerprint density at radius 3 is 2.39 bits per heavy atom. The predicted molar refractivity (Wildman–Crippen MR) is 118 cm³/mol. The summed E-state index contributed by atoms with van der Waals surface area (Å²) < 4.78 is 11.2. The van der Waals surface area contributed by atoms with E-state index >= 15 is 0 Å². The van der Waals surface area contributed by atoms with E-state index in [1.165, 1.54) is 13.2 Å². The molecule has 0 aliphatic rings. The lowest BCUT2D eigenvalue weighted by Gasteiger charge is -2.17. The lowest BCUT2D eigenvalue weighted by molar-refractivity contribution is 0.0935. The van der Waals surface area contributed by atoms with Crippen LogP contribution in [0.1, 0.15) is 27.9 Å². The minimum absolute atomic E-state index is 0.232. The Bertz CT molecular complexity index is 1190. The molecule has 0 saturated heterocycles. The normalized spacial score (nSPS) is 11.7. The lowest BCUT2D eigenvalue weighted by Crippen LogP contribution is -2.30. The highest BCUT2D eigenvalue weighted by Crippen LogP contribution is 2.28. The number of nitrogens with zero attached hydrogens (tertiary/aromatic N) is 2. The largest absolute Gasteiger partial charge is 0.496 e. The van der Waals surface area contributed by atoms with Crippen molar-refractivity contribution in [3.8, 4) is 17.2 Å². The van der Waals surface area contributed by atoms with Crippen LogP contribution in [0, 0.1) is 0 Å². The van der Waals surface area contributed by atoms with Gasteiger partial charge in [0.25, 0.3) is 5.91 Å². The van der Waals surface area contributed by atoms with Gasteiger partial charge >= 0.3 is 0 Å². The summed E-state index contributed by atoms with van der Waals surface area (Å²) in [6.45, 7) is 0. The van der Waals surface area contributed by atoms with Crippen molar-refractivity contribution in [2.75, 3.05) is 7.11 Å². The fourth-order valence-electron chi connectivity index (χ4n) is 3.06. The van der Waals surface area contributed by atoms with Crippen LogP contribution in [-0.4, -0.2) is 23.2 Å². The summed E-state index contributed by atoms with van der Waals surface area (Å²) in [5.41, 5.74) is 1.79. The SMILES string of the molecule is COc1ccc(Cl)cc1C(=O)NC(c1ccc(Cl)cc1)c1nnc(-c2ccccc2)o1. The molecule has 0 saturated carbocycles. The molecule has 1 aromatic heterocycles. The molecule has 0 aliphatic carbocycles. The monoisotopic (exact) mass is 453 g/mol. The average Bonchev–Trinajstić information content (AvgIpc) is 3.28. The van der Waals surface area contributed by atoms with E-state index in [1.807, 2.05) is 30.3 Å². The predicted octanol–water partition coefficient (Wildman–Crippen LogP) is 5.57. The topological polar surface area (TPSA) is 77.2 Å². The van der Waals surface area contributed by atoms with Gasteiger partial charge in [-0.1, -0.05) is 53.5 Å². The smallest absolute Gasteiger partial charge is 0.256 e. The van der Waals surface area contributed by atoms with Gasteiger partial charge in [0.1, 0.15) is 11.8 Å². The van der Waals surface area contributed by atoms with Gasteiger partial charge in [-0.05, 0) is 48.0 Å².